The Labute approximate surface area is 152 Å². The summed E-state index contributed by atoms with van der Waals surface area (Å²) in [7, 11) is 0. The lowest BCUT2D eigenvalue weighted by atomic mass is 10.1. The molecule has 0 saturated carbocycles. The van der Waals surface area contributed by atoms with E-state index in [1.54, 1.807) is 18.2 Å². The predicted molar refractivity (Wildman–Crippen MR) is 97.6 cm³/mol. The van der Waals surface area contributed by atoms with Gasteiger partial charge in [-0.05, 0) is 42.2 Å². The van der Waals surface area contributed by atoms with Crippen molar-refractivity contribution < 1.29 is 4.74 Å². The standard InChI is InChI=1S/C20H20ClN3O/c21-15-5-6-19(14(9-15)11-22)25-20-17-4-2-1-3-13(17)10-18(20)24-8-7-16(23)12-24/h1-6,9,16,18,20H,7-8,10,12,23H2/t16-,18+,20+/m0/s1. The summed E-state index contributed by atoms with van der Waals surface area (Å²) in [6, 6.07) is 16.3. The van der Waals surface area contributed by atoms with Gasteiger partial charge >= 0.3 is 0 Å². The lowest BCUT2D eigenvalue weighted by Gasteiger charge is -2.30. The van der Waals surface area contributed by atoms with E-state index in [2.05, 4.69) is 29.2 Å². The molecule has 3 atom stereocenters. The van der Waals surface area contributed by atoms with Crippen molar-refractivity contribution in [2.24, 2.45) is 5.73 Å². The third-order valence-electron chi connectivity index (χ3n) is 5.18. The number of nitrogens with zero attached hydrogens (tertiary/aromatic N) is 2. The van der Waals surface area contributed by atoms with E-state index in [1.807, 2.05) is 6.07 Å². The Morgan fingerprint density at radius 1 is 1.24 bits per heavy atom. The number of nitrogens with two attached hydrogens (primary N) is 1. The van der Waals surface area contributed by atoms with E-state index < -0.39 is 0 Å². The van der Waals surface area contributed by atoms with Gasteiger partial charge in [0.05, 0.1) is 11.6 Å². The van der Waals surface area contributed by atoms with E-state index in [0.29, 0.717) is 16.3 Å². The van der Waals surface area contributed by atoms with Crippen molar-refractivity contribution in [2.75, 3.05) is 13.1 Å². The van der Waals surface area contributed by atoms with E-state index >= 15 is 0 Å². The van der Waals surface area contributed by atoms with Gasteiger partial charge < -0.3 is 10.5 Å². The van der Waals surface area contributed by atoms with Crippen LogP contribution in [0.4, 0.5) is 0 Å². The van der Waals surface area contributed by atoms with E-state index in [1.165, 1.54) is 11.1 Å². The topological polar surface area (TPSA) is 62.3 Å². The number of fused-ring (bicyclic) bond motifs is 1. The van der Waals surface area contributed by atoms with Crippen LogP contribution < -0.4 is 10.5 Å². The highest BCUT2D eigenvalue weighted by Crippen LogP contribution is 2.39. The van der Waals surface area contributed by atoms with Gasteiger partial charge in [-0.2, -0.15) is 5.26 Å². The van der Waals surface area contributed by atoms with Crippen LogP contribution in [0.25, 0.3) is 0 Å². The van der Waals surface area contributed by atoms with Crippen LogP contribution >= 0.6 is 11.6 Å². The summed E-state index contributed by atoms with van der Waals surface area (Å²) in [6.07, 6.45) is 1.86. The molecule has 128 valence electrons. The molecule has 2 aliphatic rings. The average Bonchev–Trinajstić information content (AvgIpc) is 3.20. The zero-order valence-corrected chi connectivity index (χ0v) is 14.6. The molecule has 0 bridgehead atoms. The van der Waals surface area contributed by atoms with E-state index in [0.717, 1.165) is 25.9 Å². The quantitative estimate of drug-likeness (QED) is 0.919. The number of benzene rings is 2. The predicted octanol–water partition coefficient (Wildman–Crippen LogP) is 3.29. The second kappa shape index (κ2) is 6.68. The smallest absolute Gasteiger partial charge is 0.140 e. The molecule has 1 saturated heterocycles. The van der Waals surface area contributed by atoms with Crippen molar-refractivity contribution in [3.63, 3.8) is 0 Å². The molecular weight excluding hydrogens is 334 g/mol. The van der Waals surface area contributed by atoms with Crippen LogP contribution in [0.2, 0.25) is 5.02 Å². The highest BCUT2D eigenvalue weighted by molar-refractivity contribution is 6.30. The molecule has 0 unspecified atom stereocenters. The van der Waals surface area contributed by atoms with E-state index in [-0.39, 0.29) is 18.2 Å². The Balaban J connectivity index is 1.68. The monoisotopic (exact) mass is 353 g/mol. The Morgan fingerprint density at radius 2 is 2.08 bits per heavy atom. The van der Waals surface area contributed by atoms with Gasteiger partial charge in [-0.1, -0.05) is 35.9 Å². The minimum absolute atomic E-state index is 0.102. The van der Waals surface area contributed by atoms with Gasteiger partial charge in [0.1, 0.15) is 17.9 Å². The zero-order valence-electron chi connectivity index (χ0n) is 13.9. The van der Waals surface area contributed by atoms with E-state index in [4.69, 9.17) is 22.1 Å². The Bertz CT molecular complexity index is 832. The number of hydrogen-bond donors (Lipinski definition) is 1. The molecule has 4 nitrogen and oxygen atoms in total. The van der Waals surface area contributed by atoms with Crippen LogP contribution in [-0.2, 0) is 6.42 Å². The van der Waals surface area contributed by atoms with Gasteiger partial charge in [0.15, 0.2) is 0 Å². The summed E-state index contributed by atoms with van der Waals surface area (Å²) >= 11 is 6.01. The Hall–Kier alpha value is -2.06. The summed E-state index contributed by atoms with van der Waals surface area (Å²) < 4.78 is 6.38. The van der Waals surface area contributed by atoms with Crippen LogP contribution in [0, 0.1) is 11.3 Å². The van der Waals surface area contributed by atoms with Gasteiger partial charge in [-0.25, -0.2) is 0 Å². The third kappa shape index (κ3) is 3.11. The molecule has 0 spiro atoms. The molecular formula is C20H20ClN3O. The summed E-state index contributed by atoms with van der Waals surface area (Å²) in [6.45, 7) is 1.88. The van der Waals surface area contributed by atoms with Gasteiger partial charge in [-0.15, -0.1) is 0 Å². The van der Waals surface area contributed by atoms with Crippen molar-refractivity contribution in [3.8, 4) is 11.8 Å². The average molecular weight is 354 g/mol. The minimum atomic E-state index is -0.102. The largest absolute Gasteiger partial charge is 0.483 e. The second-order valence-corrected chi connectivity index (χ2v) is 7.24. The molecule has 1 heterocycles. The first kappa shape index (κ1) is 16.4. The van der Waals surface area contributed by atoms with Crippen molar-refractivity contribution in [1.29, 1.82) is 5.26 Å². The minimum Gasteiger partial charge on any atom is -0.483 e. The molecule has 0 aromatic heterocycles. The number of ether oxygens (including phenoxy) is 1. The van der Waals surface area contributed by atoms with E-state index in [9.17, 15) is 5.26 Å². The molecule has 4 rings (SSSR count). The summed E-state index contributed by atoms with van der Waals surface area (Å²) in [4.78, 5) is 2.43. The molecule has 1 aliphatic heterocycles. The zero-order chi connectivity index (χ0) is 17.4. The SMILES string of the molecule is N#Cc1cc(Cl)ccc1O[C@@H]1c2ccccc2C[C@H]1N1CC[C@H](N)C1. The fourth-order valence-corrected chi connectivity index (χ4v) is 4.12. The van der Waals surface area contributed by atoms with Crippen molar-refractivity contribution in [2.45, 2.75) is 31.0 Å². The van der Waals surface area contributed by atoms with Crippen LogP contribution in [0.15, 0.2) is 42.5 Å². The molecule has 1 fully saturated rings. The van der Waals surface area contributed by atoms with Crippen LogP contribution in [-0.4, -0.2) is 30.1 Å². The Morgan fingerprint density at radius 3 is 2.84 bits per heavy atom. The summed E-state index contributed by atoms with van der Waals surface area (Å²) in [5.74, 6) is 0.585. The number of hydrogen-bond acceptors (Lipinski definition) is 4. The fourth-order valence-electron chi connectivity index (χ4n) is 3.95. The van der Waals surface area contributed by atoms with Crippen molar-refractivity contribution in [3.05, 3.63) is 64.2 Å². The molecule has 2 N–H and O–H groups in total. The summed E-state index contributed by atoms with van der Waals surface area (Å²) in [5.41, 5.74) is 9.10. The first-order valence-electron chi connectivity index (χ1n) is 8.59. The van der Waals surface area contributed by atoms with Crippen molar-refractivity contribution in [1.82, 2.24) is 4.90 Å². The molecule has 1 aliphatic carbocycles. The highest BCUT2D eigenvalue weighted by Gasteiger charge is 2.40. The van der Waals surface area contributed by atoms with Gasteiger partial charge in [0.25, 0.3) is 0 Å². The second-order valence-electron chi connectivity index (χ2n) is 6.80. The first-order valence-corrected chi connectivity index (χ1v) is 8.97. The first-order chi connectivity index (χ1) is 12.2. The fraction of sp³-hybridized carbons (Fsp3) is 0.350. The lowest BCUT2D eigenvalue weighted by Crippen LogP contribution is -2.40. The molecule has 0 radical (unpaired) electrons. The molecule has 2 aromatic carbocycles. The third-order valence-corrected chi connectivity index (χ3v) is 5.42. The molecule has 2 aromatic rings. The molecule has 0 amide bonds. The lowest BCUT2D eigenvalue weighted by molar-refractivity contribution is 0.0930. The van der Waals surface area contributed by atoms with Gasteiger partial charge in [0, 0.05) is 24.2 Å². The Kier molecular flexibility index (Phi) is 4.39. The maximum atomic E-state index is 9.41. The number of likely N-dealkylation sites (tertiary alicyclic amines) is 1. The normalized spacial score (nSPS) is 25.6. The van der Waals surface area contributed by atoms with Crippen LogP contribution in [0.3, 0.4) is 0 Å². The maximum Gasteiger partial charge on any atom is 0.140 e. The highest BCUT2D eigenvalue weighted by atomic mass is 35.5. The van der Waals surface area contributed by atoms with Crippen LogP contribution in [0.5, 0.6) is 5.75 Å². The number of rotatable bonds is 3. The number of halogens is 1. The van der Waals surface area contributed by atoms with Gasteiger partial charge in [0.2, 0.25) is 0 Å². The van der Waals surface area contributed by atoms with Crippen molar-refractivity contribution >= 4 is 11.6 Å². The number of nitriles is 1. The summed E-state index contributed by atoms with van der Waals surface area (Å²) in [5, 5.41) is 9.95. The molecule has 5 heteroatoms. The van der Waals surface area contributed by atoms with Crippen LogP contribution in [0.1, 0.15) is 29.2 Å². The maximum absolute atomic E-state index is 9.41. The van der Waals surface area contributed by atoms with Gasteiger partial charge in [-0.3, -0.25) is 4.90 Å². The molecule has 25 heavy (non-hydrogen) atoms.